The highest BCUT2D eigenvalue weighted by Gasteiger charge is 2.13. The average Bonchev–Trinajstić information content (AvgIpc) is 2.47. The van der Waals surface area contributed by atoms with Crippen molar-refractivity contribution in [3.8, 4) is 5.75 Å². The first-order chi connectivity index (χ1) is 9.63. The van der Waals surface area contributed by atoms with Gasteiger partial charge in [-0.25, -0.2) is 0 Å². The Morgan fingerprint density at radius 1 is 1.25 bits per heavy atom. The molecule has 0 bridgehead atoms. The van der Waals surface area contributed by atoms with E-state index in [1.807, 2.05) is 38.1 Å². The fourth-order valence-electron chi connectivity index (χ4n) is 2.19. The minimum absolute atomic E-state index is 0.0286. The van der Waals surface area contributed by atoms with Gasteiger partial charge in [0.05, 0.1) is 0 Å². The van der Waals surface area contributed by atoms with Gasteiger partial charge in [0.2, 0.25) is 0 Å². The Kier molecular flexibility index (Phi) is 7.09. The predicted octanol–water partition coefficient (Wildman–Crippen LogP) is 2.60. The molecule has 0 radical (unpaired) electrons. The molecule has 0 aliphatic heterocycles. The Balaban J connectivity index is 2.70. The van der Waals surface area contributed by atoms with E-state index in [1.54, 1.807) is 4.90 Å². The Hall–Kier alpha value is -1.55. The number of benzene rings is 1. The number of para-hydroxylation sites is 1. The van der Waals surface area contributed by atoms with Crippen LogP contribution in [0.1, 0.15) is 39.3 Å². The zero-order valence-electron chi connectivity index (χ0n) is 13.0. The van der Waals surface area contributed by atoms with Gasteiger partial charge in [0.25, 0.3) is 5.91 Å². The van der Waals surface area contributed by atoms with E-state index in [0.717, 1.165) is 17.9 Å². The third-order valence-electron chi connectivity index (χ3n) is 3.36. The predicted molar refractivity (Wildman–Crippen MR) is 82.0 cm³/mol. The Morgan fingerprint density at radius 3 is 2.50 bits per heavy atom. The second-order valence-corrected chi connectivity index (χ2v) is 4.67. The minimum atomic E-state index is 0.0286. The number of hydrogen-bond donors (Lipinski definition) is 1. The van der Waals surface area contributed by atoms with Gasteiger partial charge < -0.3 is 15.0 Å². The second-order valence-electron chi connectivity index (χ2n) is 4.67. The van der Waals surface area contributed by atoms with Gasteiger partial charge in [-0.1, -0.05) is 25.1 Å². The summed E-state index contributed by atoms with van der Waals surface area (Å²) in [6.45, 7) is 10.5. The maximum absolute atomic E-state index is 12.0. The minimum Gasteiger partial charge on any atom is -0.483 e. The highest BCUT2D eigenvalue weighted by Crippen LogP contribution is 2.24. The molecule has 20 heavy (non-hydrogen) atoms. The number of ether oxygens (including phenoxy) is 1. The SMILES string of the molecule is CCNC(C)c1ccccc1OCC(=O)N(CC)CC. The highest BCUT2D eigenvalue weighted by atomic mass is 16.5. The van der Waals surface area contributed by atoms with Crippen LogP contribution in [0.25, 0.3) is 0 Å². The summed E-state index contributed by atoms with van der Waals surface area (Å²) in [5.41, 5.74) is 1.08. The van der Waals surface area contributed by atoms with E-state index >= 15 is 0 Å². The molecule has 1 N–H and O–H groups in total. The van der Waals surface area contributed by atoms with Gasteiger partial charge in [-0.05, 0) is 33.4 Å². The van der Waals surface area contributed by atoms with Gasteiger partial charge in [-0.3, -0.25) is 4.79 Å². The molecule has 0 aliphatic carbocycles. The van der Waals surface area contributed by atoms with Gasteiger partial charge in [-0.15, -0.1) is 0 Å². The van der Waals surface area contributed by atoms with Gasteiger partial charge in [0, 0.05) is 24.7 Å². The van der Waals surface area contributed by atoms with Crippen LogP contribution < -0.4 is 10.1 Å². The van der Waals surface area contributed by atoms with Crippen molar-refractivity contribution in [2.75, 3.05) is 26.2 Å². The number of nitrogens with zero attached hydrogens (tertiary/aromatic N) is 1. The number of nitrogens with one attached hydrogen (secondary N) is 1. The summed E-state index contributed by atoms with van der Waals surface area (Å²) >= 11 is 0. The largest absolute Gasteiger partial charge is 0.483 e. The van der Waals surface area contributed by atoms with E-state index in [2.05, 4.69) is 19.2 Å². The lowest BCUT2D eigenvalue weighted by molar-refractivity contribution is -0.132. The summed E-state index contributed by atoms with van der Waals surface area (Å²) in [6, 6.07) is 8.07. The van der Waals surface area contributed by atoms with E-state index in [0.29, 0.717) is 13.1 Å². The Bertz CT molecular complexity index is 417. The topological polar surface area (TPSA) is 41.6 Å². The molecule has 0 spiro atoms. The molecule has 0 aliphatic rings. The average molecular weight is 278 g/mol. The van der Waals surface area contributed by atoms with Crippen molar-refractivity contribution >= 4 is 5.91 Å². The molecule has 4 heteroatoms. The van der Waals surface area contributed by atoms with Crippen molar-refractivity contribution in [2.45, 2.75) is 33.7 Å². The molecule has 0 heterocycles. The van der Waals surface area contributed by atoms with E-state index in [4.69, 9.17) is 4.74 Å². The third kappa shape index (κ3) is 4.53. The summed E-state index contributed by atoms with van der Waals surface area (Å²) in [4.78, 5) is 13.7. The fraction of sp³-hybridized carbons (Fsp3) is 0.562. The van der Waals surface area contributed by atoms with E-state index < -0.39 is 0 Å². The number of rotatable bonds is 8. The first-order valence-electron chi connectivity index (χ1n) is 7.36. The van der Waals surface area contributed by atoms with Crippen LogP contribution in [0, 0.1) is 0 Å². The quantitative estimate of drug-likeness (QED) is 0.794. The Labute approximate surface area is 122 Å². The standard InChI is InChI=1S/C16H26N2O2/c1-5-17-13(4)14-10-8-9-11-15(14)20-12-16(19)18(6-2)7-3/h8-11,13,17H,5-7,12H2,1-4H3. The number of amides is 1. The first kappa shape index (κ1) is 16.5. The van der Waals surface area contributed by atoms with E-state index in [1.165, 1.54) is 0 Å². The molecule has 0 aromatic heterocycles. The lowest BCUT2D eigenvalue weighted by Gasteiger charge is -2.21. The van der Waals surface area contributed by atoms with Crippen LogP contribution in [0.4, 0.5) is 0 Å². The summed E-state index contributed by atoms with van der Waals surface area (Å²) in [7, 11) is 0. The van der Waals surface area contributed by atoms with Crippen LogP contribution in [-0.4, -0.2) is 37.0 Å². The van der Waals surface area contributed by atoms with Gasteiger partial charge in [0.15, 0.2) is 6.61 Å². The van der Waals surface area contributed by atoms with E-state index in [-0.39, 0.29) is 18.6 Å². The number of likely N-dealkylation sites (N-methyl/N-ethyl adjacent to an activating group) is 1. The summed E-state index contributed by atoms with van der Waals surface area (Å²) in [6.07, 6.45) is 0. The lowest BCUT2D eigenvalue weighted by atomic mass is 10.1. The molecule has 0 saturated carbocycles. The monoisotopic (exact) mass is 278 g/mol. The molecule has 1 rings (SSSR count). The zero-order valence-corrected chi connectivity index (χ0v) is 13.0. The maximum atomic E-state index is 12.0. The number of carbonyl (C=O) groups excluding carboxylic acids is 1. The Morgan fingerprint density at radius 2 is 1.90 bits per heavy atom. The smallest absolute Gasteiger partial charge is 0.260 e. The van der Waals surface area contributed by atoms with Crippen molar-refractivity contribution in [1.82, 2.24) is 10.2 Å². The molecule has 0 saturated heterocycles. The summed E-state index contributed by atoms with van der Waals surface area (Å²) in [5, 5.41) is 3.36. The fourth-order valence-corrected chi connectivity index (χ4v) is 2.19. The molecule has 4 nitrogen and oxygen atoms in total. The summed E-state index contributed by atoms with van der Waals surface area (Å²) < 4.78 is 5.72. The molecule has 1 amide bonds. The van der Waals surface area contributed by atoms with Crippen molar-refractivity contribution < 1.29 is 9.53 Å². The van der Waals surface area contributed by atoms with Crippen LogP contribution in [0.15, 0.2) is 24.3 Å². The van der Waals surface area contributed by atoms with Crippen molar-refractivity contribution in [3.63, 3.8) is 0 Å². The molecule has 1 unspecified atom stereocenters. The van der Waals surface area contributed by atoms with Crippen molar-refractivity contribution in [3.05, 3.63) is 29.8 Å². The molecule has 112 valence electrons. The molecular weight excluding hydrogens is 252 g/mol. The molecule has 1 aromatic rings. The van der Waals surface area contributed by atoms with Crippen LogP contribution in [0.5, 0.6) is 5.75 Å². The van der Waals surface area contributed by atoms with Gasteiger partial charge in [-0.2, -0.15) is 0 Å². The van der Waals surface area contributed by atoms with Gasteiger partial charge >= 0.3 is 0 Å². The third-order valence-corrected chi connectivity index (χ3v) is 3.36. The second kappa shape index (κ2) is 8.59. The zero-order chi connectivity index (χ0) is 15.0. The van der Waals surface area contributed by atoms with Crippen LogP contribution in [0.3, 0.4) is 0 Å². The van der Waals surface area contributed by atoms with E-state index in [9.17, 15) is 4.79 Å². The van der Waals surface area contributed by atoms with Crippen LogP contribution >= 0.6 is 0 Å². The van der Waals surface area contributed by atoms with Crippen molar-refractivity contribution in [2.24, 2.45) is 0 Å². The number of carbonyl (C=O) groups is 1. The lowest BCUT2D eigenvalue weighted by Crippen LogP contribution is -2.34. The summed E-state index contributed by atoms with van der Waals surface area (Å²) in [5.74, 6) is 0.808. The maximum Gasteiger partial charge on any atom is 0.260 e. The molecule has 1 aromatic carbocycles. The molecule has 0 fully saturated rings. The molecule has 1 atom stereocenters. The van der Waals surface area contributed by atoms with Crippen molar-refractivity contribution in [1.29, 1.82) is 0 Å². The van der Waals surface area contributed by atoms with Gasteiger partial charge in [0.1, 0.15) is 5.75 Å². The highest BCUT2D eigenvalue weighted by molar-refractivity contribution is 5.77. The van der Waals surface area contributed by atoms with Crippen LogP contribution in [-0.2, 0) is 4.79 Å². The normalized spacial score (nSPS) is 12.0. The molecular formula is C16H26N2O2. The number of hydrogen-bond acceptors (Lipinski definition) is 3. The first-order valence-corrected chi connectivity index (χ1v) is 7.36. The van der Waals surface area contributed by atoms with Crippen LogP contribution in [0.2, 0.25) is 0 Å².